The van der Waals surface area contributed by atoms with Crippen molar-refractivity contribution in [3.63, 3.8) is 0 Å². The van der Waals surface area contributed by atoms with Crippen LogP contribution in [0.4, 0.5) is 5.69 Å². The molecule has 1 aromatic heterocycles. The average molecular weight is 356 g/mol. The molecule has 3 rings (SSSR count). The molecule has 0 saturated carbocycles. The van der Waals surface area contributed by atoms with E-state index in [0.717, 1.165) is 38.4 Å². The van der Waals surface area contributed by atoms with Crippen molar-refractivity contribution < 1.29 is 9.32 Å². The van der Waals surface area contributed by atoms with Crippen LogP contribution in [0.25, 0.3) is 0 Å². The predicted octanol–water partition coefficient (Wildman–Crippen LogP) is 2.71. The van der Waals surface area contributed by atoms with E-state index in [0.29, 0.717) is 6.42 Å². The smallest absolute Gasteiger partial charge is 0.224 e. The minimum atomic E-state index is -0.0700. The van der Waals surface area contributed by atoms with Gasteiger partial charge in [0.1, 0.15) is 12.0 Å². The van der Waals surface area contributed by atoms with E-state index in [1.165, 1.54) is 17.5 Å². The van der Waals surface area contributed by atoms with Gasteiger partial charge in [-0.1, -0.05) is 17.3 Å². The van der Waals surface area contributed by atoms with Gasteiger partial charge in [0.25, 0.3) is 0 Å². The molecule has 1 saturated heterocycles. The minimum absolute atomic E-state index is 0.0700. The van der Waals surface area contributed by atoms with Crippen LogP contribution in [0.15, 0.2) is 41.1 Å². The van der Waals surface area contributed by atoms with Crippen LogP contribution < -0.4 is 4.90 Å². The fourth-order valence-electron chi connectivity index (χ4n) is 3.34. The number of rotatable bonds is 6. The Hall–Kier alpha value is -2.34. The second kappa shape index (κ2) is 8.36. The molecular weight excluding hydrogens is 328 g/mol. The highest BCUT2D eigenvalue weighted by Crippen LogP contribution is 2.19. The Kier molecular flexibility index (Phi) is 5.93. The quantitative estimate of drug-likeness (QED) is 0.797. The normalized spacial score (nSPS) is 16.5. The highest BCUT2D eigenvalue weighted by molar-refractivity contribution is 5.76. The first-order chi connectivity index (χ1) is 12.5. The zero-order valence-electron chi connectivity index (χ0n) is 15.9. The molecule has 2 aromatic rings. The van der Waals surface area contributed by atoms with Crippen molar-refractivity contribution in [2.75, 3.05) is 44.7 Å². The van der Waals surface area contributed by atoms with Gasteiger partial charge in [0, 0.05) is 57.9 Å². The zero-order chi connectivity index (χ0) is 18.5. The molecule has 0 aliphatic carbocycles. The molecule has 1 fully saturated rings. The van der Waals surface area contributed by atoms with Gasteiger partial charge in [0.05, 0.1) is 6.04 Å². The summed E-state index contributed by atoms with van der Waals surface area (Å²) in [5, 5.41) is 3.93. The number of amides is 1. The van der Waals surface area contributed by atoms with E-state index in [-0.39, 0.29) is 11.9 Å². The Morgan fingerprint density at radius 1 is 1.27 bits per heavy atom. The van der Waals surface area contributed by atoms with Crippen LogP contribution in [0.1, 0.15) is 30.6 Å². The molecule has 26 heavy (non-hydrogen) atoms. The van der Waals surface area contributed by atoms with Crippen LogP contribution in [0.3, 0.4) is 0 Å². The molecule has 1 amide bonds. The van der Waals surface area contributed by atoms with Gasteiger partial charge in [-0.3, -0.25) is 9.69 Å². The van der Waals surface area contributed by atoms with Gasteiger partial charge in [-0.2, -0.15) is 0 Å². The molecular formula is C20H28N4O2. The van der Waals surface area contributed by atoms with E-state index in [2.05, 4.69) is 46.1 Å². The molecule has 1 aromatic carbocycles. The third-order valence-corrected chi connectivity index (χ3v) is 5.24. The summed E-state index contributed by atoms with van der Waals surface area (Å²) >= 11 is 0. The van der Waals surface area contributed by atoms with Gasteiger partial charge in [-0.05, 0) is 31.5 Å². The fourth-order valence-corrected chi connectivity index (χ4v) is 3.34. The topological polar surface area (TPSA) is 52.8 Å². The van der Waals surface area contributed by atoms with E-state index in [1.807, 2.05) is 14.0 Å². The van der Waals surface area contributed by atoms with Gasteiger partial charge in [-0.15, -0.1) is 0 Å². The summed E-state index contributed by atoms with van der Waals surface area (Å²) in [7, 11) is 1.83. The fraction of sp³-hybridized carbons (Fsp3) is 0.500. The van der Waals surface area contributed by atoms with E-state index in [1.54, 1.807) is 11.0 Å². The highest BCUT2D eigenvalue weighted by atomic mass is 16.5. The molecule has 0 radical (unpaired) electrons. The Morgan fingerprint density at radius 2 is 2.04 bits per heavy atom. The number of carbonyl (C=O) groups is 1. The molecule has 140 valence electrons. The number of anilines is 1. The van der Waals surface area contributed by atoms with Crippen molar-refractivity contribution in [1.29, 1.82) is 0 Å². The van der Waals surface area contributed by atoms with Crippen molar-refractivity contribution in [1.82, 2.24) is 15.0 Å². The maximum absolute atomic E-state index is 12.5. The lowest BCUT2D eigenvalue weighted by Gasteiger charge is -2.36. The Bertz CT molecular complexity index is 708. The van der Waals surface area contributed by atoms with E-state index in [9.17, 15) is 4.79 Å². The van der Waals surface area contributed by atoms with Gasteiger partial charge in [0.15, 0.2) is 0 Å². The molecule has 0 bridgehead atoms. The molecule has 6 nitrogen and oxygen atoms in total. The molecule has 0 N–H and O–H groups in total. The number of piperazine rings is 1. The first-order valence-corrected chi connectivity index (χ1v) is 9.24. The SMILES string of the molecule is Cc1cccc(N2CCN(CCC(=O)N(C)[C@@H](C)c3ccon3)CC2)c1. The van der Waals surface area contributed by atoms with E-state index >= 15 is 0 Å². The number of benzene rings is 1. The van der Waals surface area contributed by atoms with Crippen molar-refractivity contribution in [3.8, 4) is 0 Å². The number of nitrogens with zero attached hydrogens (tertiary/aromatic N) is 4. The molecule has 1 atom stereocenters. The molecule has 2 heterocycles. The van der Waals surface area contributed by atoms with Crippen LogP contribution in [-0.4, -0.2) is 60.6 Å². The Morgan fingerprint density at radius 3 is 2.69 bits per heavy atom. The number of carbonyl (C=O) groups excluding carboxylic acids is 1. The largest absolute Gasteiger partial charge is 0.369 e. The van der Waals surface area contributed by atoms with Gasteiger partial charge < -0.3 is 14.3 Å². The lowest BCUT2D eigenvalue weighted by Crippen LogP contribution is -2.47. The van der Waals surface area contributed by atoms with Crippen molar-refractivity contribution in [2.45, 2.75) is 26.3 Å². The van der Waals surface area contributed by atoms with Crippen molar-refractivity contribution in [3.05, 3.63) is 47.9 Å². The first-order valence-electron chi connectivity index (χ1n) is 9.24. The van der Waals surface area contributed by atoms with Gasteiger partial charge >= 0.3 is 0 Å². The van der Waals surface area contributed by atoms with Crippen LogP contribution in [0.2, 0.25) is 0 Å². The first kappa shape index (κ1) is 18.5. The summed E-state index contributed by atoms with van der Waals surface area (Å²) in [4.78, 5) is 19.0. The summed E-state index contributed by atoms with van der Waals surface area (Å²) in [6.07, 6.45) is 2.07. The molecule has 1 aliphatic rings. The molecule has 0 spiro atoms. The van der Waals surface area contributed by atoms with Crippen LogP contribution in [0, 0.1) is 6.92 Å². The lowest BCUT2D eigenvalue weighted by atomic mass is 10.2. The van der Waals surface area contributed by atoms with Gasteiger partial charge in [0.2, 0.25) is 5.91 Å². The summed E-state index contributed by atoms with van der Waals surface area (Å²) < 4.78 is 4.87. The highest BCUT2D eigenvalue weighted by Gasteiger charge is 2.22. The molecule has 6 heteroatoms. The minimum Gasteiger partial charge on any atom is -0.369 e. The zero-order valence-corrected chi connectivity index (χ0v) is 15.9. The second-order valence-electron chi connectivity index (χ2n) is 7.02. The standard InChI is InChI=1S/C20H28N4O2/c1-16-5-4-6-18(15-16)24-12-10-23(11-13-24)9-7-20(25)22(3)17(2)19-8-14-26-21-19/h4-6,8,14-15,17H,7,9-13H2,1-3H3/t17-/m0/s1. The number of aryl methyl sites for hydroxylation is 1. The third-order valence-electron chi connectivity index (χ3n) is 5.24. The van der Waals surface area contributed by atoms with Crippen LogP contribution in [0.5, 0.6) is 0 Å². The number of hydrogen-bond donors (Lipinski definition) is 0. The second-order valence-corrected chi connectivity index (χ2v) is 7.02. The monoisotopic (exact) mass is 356 g/mol. The van der Waals surface area contributed by atoms with Crippen molar-refractivity contribution >= 4 is 11.6 Å². The van der Waals surface area contributed by atoms with Gasteiger partial charge in [-0.25, -0.2) is 0 Å². The average Bonchev–Trinajstić information content (AvgIpc) is 3.20. The lowest BCUT2D eigenvalue weighted by molar-refractivity contribution is -0.132. The van der Waals surface area contributed by atoms with E-state index < -0.39 is 0 Å². The molecule has 1 aliphatic heterocycles. The Balaban J connectivity index is 1.44. The number of hydrogen-bond acceptors (Lipinski definition) is 5. The summed E-state index contributed by atoms with van der Waals surface area (Å²) in [6, 6.07) is 10.4. The van der Waals surface area contributed by atoms with Crippen LogP contribution >= 0.6 is 0 Å². The van der Waals surface area contributed by atoms with E-state index in [4.69, 9.17) is 4.52 Å². The summed E-state index contributed by atoms with van der Waals surface area (Å²) in [6.45, 7) is 8.88. The summed E-state index contributed by atoms with van der Waals surface area (Å²) in [5.41, 5.74) is 3.37. The number of aromatic nitrogens is 1. The molecule has 0 unspecified atom stereocenters. The predicted molar refractivity (Wildman–Crippen MR) is 102 cm³/mol. The Labute approximate surface area is 155 Å². The maximum atomic E-state index is 12.5. The van der Waals surface area contributed by atoms with Crippen molar-refractivity contribution in [2.24, 2.45) is 0 Å². The maximum Gasteiger partial charge on any atom is 0.224 e. The van der Waals surface area contributed by atoms with Crippen LogP contribution in [-0.2, 0) is 4.79 Å². The third kappa shape index (κ3) is 4.43. The summed E-state index contributed by atoms with van der Waals surface area (Å²) in [5.74, 6) is 0.140.